The van der Waals surface area contributed by atoms with Crippen molar-refractivity contribution in [3.8, 4) is 11.3 Å². The van der Waals surface area contributed by atoms with Crippen molar-refractivity contribution in [2.45, 2.75) is 30.6 Å². The third-order valence-corrected chi connectivity index (χ3v) is 7.43. The normalized spacial score (nSPS) is 23.3. The molecular weight excluding hydrogens is 396 g/mol. The number of aromatic nitrogens is 3. The molecule has 3 heterocycles. The van der Waals surface area contributed by atoms with Crippen molar-refractivity contribution < 1.29 is 22.2 Å². The average molecular weight is 414 g/mol. The summed E-state index contributed by atoms with van der Waals surface area (Å²) < 4.78 is 33.9. The molecule has 1 aliphatic carbocycles. The fourth-order valence-corrected chi connectivity index (χ4v) is 5.40. The van der Waals surface area contributed by atoms with Crippen molar-refractivity contribution in [2.75, 3.05) is 11.5 Å². The summed E-state index contributed by atoms with van der Waals surface area (Å²) in [5, 5.41) is 12.0. The molecule has 10 heteroatoms. The van der Waals surface area contributed by atoms with Gasteiger partial charge in [0, 0.05) is 17.0 Å². The van der Waals surface area contributed by atoms with Gasteiger partial charge in [-0.15, -0.1) is 10.2 Å². The van der Waals surface area contributed by atoms with Crippen molar-refractivity contribution >= 4 is 15.7 Å². The molecule has 150 valence electrons. The van der Waals surface area contributed by atoms with Gasteiger partial charge < -0.3 is 14.7 Å². The van der Waals surface area contributed by atoms with Gasteiger partial charge in [0.2, 0.25) is 11.8 Å². The van der Waals surface area contributed by atoms with Gasteiger partial charge in [0.1, 0.15) is 0 Å². The quantitative estimate of drug-likeness (QED) is 0.668. The monoisotopic (exact) mass is 414 g/mol. The Balaban J connectivity index is 1.35. The van der Waals surface area contributed by atoms with E-state index in [1.165, 1.54) is 0 Å². The molecule has 0 radical (unpaired) electrons. The van der Waals surface area contributed by atoms with E-state index in [0.717, 1.165) is 5.56 Å². The van der Waals surface area contributed by atoms with Gasteiger partial charge in [-0.25, -0.2) is 8.42 Å². The largest absolute Gasteiger partial charge is 0.425 e. The Morgan fingerprint density at radius 1 is 1.00 bits per heavy atom. The van der Waals surface area contributed by atoms with Crippen LogP contribution in [0.4, 0.5) is 0 Å². The topological polar surface area (TPSA) is 142 Å². The first-order valence-corrected chi connectivity index (χ1v) is 11.1. The molecule has 1 saturated heterocycles. The zero-order valence-corrected chi connectivity index (χ0v) is 16.1. The van der Waals surface area contributed by atoms with Crippen LogP contribution in [0.3, 0.4) is 0 Å². The lowest BCUT2D eigenvalue weighted by atomic mass is 9.70. The Labute approximate surface area is 166 Å². The number of carbonyl (C=O) groups excluding carboxylic acids is 1. The molecule has 1 aromatic carbocycles. The van der Waals surface area contributed by atoms with Crippen molar-refractivity contribution in [2.24, 2.45) is 5.73 Å². The highest BCUT2D eigenvalue weighted by Crippen LogP contribution is 2.50. The van der Waals surface area contributed by atoms with Crippen molar-refractivity contribution in [1.29, 1.82) is 0 Å². The maximum atomic E-state index is 11.8. The smallest absolute Gasteiger partial charge is 0.271 e. The molecule has 0 bridgehead atoms. The molecule has 3 aromatic rings. The summed E-state index contributed by atoms with van der Waals surface area (Å²) in [7, 11) is -2.95. The number of hydrogen-bond acceptors (Lipinski definition) is 8. The van der Waals surface area contributed by atoms with Crippen LogP contribution in [0.5, 0.6) is 0 Å². The zero-order valence-electron chi connectivity index (χ0n) is 15.3. The lowest BCUT2D eigenvalue weighted by molar-refractivity contribution is 0.0989. The van der Waals surface area contributed by atoms with E-state index < -0.39 is 15.7 Å². The second-order valence-corrected chi connectivity index (χ2v) is 9.78. The highest BCUT2D eigenvalue weighted by atomic mass is 32.2. The van der Waals surface area contributed by atoms with E-state index in [1.807, 2.05) is 30.3 Å². The van der Waals surface area contributed by atoms with Crippen molar-refractivity contribution in [1.82, 2.24) is 15.4 Å². The van der Waals surface area contributed by atoms with Gasteiger partial charge in [0.05, 0.1) is 17.4 Å². The maximum absolute atomic E-state index is 11.8. The summed E-state index contributed by atoms with van der Waals surface area (Å²) in [5.74, 6) is 0.789. The van der Waals surface area contributed by atoms with Gasteiger partial charge >= 0.3 is 0 Å². The number of rotatable bonds is 5. The van der Waals surface area contributed by atoms with Crippen LogP contribution in [0.25, 0.3) is 11.3 Å². The molecule has 0 atom stereocenters. The number of nitrogens with zero attached hydrogens (tertiary/aromatic N) is 3. The minimum Gasteiger partial charge on any atom is -0.425 e. The first-order valence-electron chi connectivity index (χ1n) is 9.30. The van der Waals surface area contributed by atoms with E-state index in [1.54, 1.807) is 0 Å². The number of hydrogen-bond donors (Lipinski definition) is 1. The molecule has 1 amide bonds. The molecule has 2 aliphatic rings. The van der Waals surface area contributed by atoms with E-state index in [4.69, 9.17) is 14.7 Å². The van der Waals surface area contributed by atoms with Crippen LogP contribution in [0.2, 0.25) is 0 Å². The Bertz CT molecular complexity index is 1170. The minimum atomic E-state index is -2.95. The highest BCUT2D eigenvalue weighted by molar-refractivity contribution is 7.92. The summed E-state index contributed by atoms with van der Waals surface area (Å²) in [6.45, 7) is 0. The predicted molar refractivity (Wildman–Crippen MR) is 101 cm³/mol. The Morgan fingerprint density at radius 3 is 2.28 bits per heavy atom. The number of sulfone groups is 1. The van der Waals surface area contributed by atoms with Crippen LogP contribution in [-0.4, -0.2) is 41.2 Å². The van der Waals surface area contributed by atoms with Crippen LogP contribution >= 0.6 is 0 Å². The molecule has 2 fully saturated rings. The van der Waals surface area contributed by atoms with Crippen LogP contribution in [0, 0.1) is 0 Å². The molecule has 1 aliphatic heterocycles. The molecule has 2 aromatic heterocycles. The standard InChI is InChI=1S/C19H18N4O5S/c20-17(24)15-14(16(28-23-15)10-4-2-1-3-5-10)11-6-12(7-11)18-21-22-19(27-18)13-8-29(25,26)9-13/h1-5,11-13H,6-9H2,(H2,20,24). The van der Waals surface area contributed by atoms with Crippen LogP contribution in [0.1, 0.15) is 58.4 Å². The number of primary amides is 1. The number of carbonyl (C=O) groups is 1. The predicted octanol–water partition coefficient (Wildman–Crippen LogP) is 2.00. The van der Waals surface area contributed by atoms with E-state index >= 15 is 0 Å². The van der Waals surface area contributed by atoms with Gasteiger partial charge in [0.15, 0.2) is 21.3 Å². The molecule has 1 saturated carbocycles. The zero-order chi connectivity index (χ0) is 20.2. The Kier molecular flexibility index (Phi) is 4.05. The SMILES string of the molecule is NC(=O)c1noc(-c2ccccc2)c1C1CC(c2nnc(C3CS(=O)(=O)C3)o2)C1. The van der Waals surface area contributed by atoms with Crippen LogP contribution in [0.15, 0.2) is 39.3 Å². The molecule has 0 unspecified atom stereocenters. The fraction of sp³-hybridized carbons (Fsp3) is 0.368. The molecule has 5 rings (SSSR count). The van der Waals surface area contributed by atoms with Gasteiger partial charge in [-0.05, 0) is 18.8 Å². The second kappa shape index (κ2) is 6.51. The summed E-state index contributed by atoms with van der Waals surface area (Å²) in [6.07, 6.45) is 1.37. The molecule has 29 heavy (non-hydrogen) atoms. The fourth-order valence-electron chi connectivity index (χ4n) is 3.99. The van der Waals surface area contributed by atoms with Crippen LogP contribution in [-0.2, 0) is 9.84 Å². The van der Waals surface area contributed by atoms with Gasteiger partial charge in [-0.1, -0.05) is 35.5 Å². The number of nitrogens with two attached hydrogens (primary N) is 1. The minimum absolute atomic E-state index is 0.0309. The molecule has 9 nitrogen and oxygen atoms in total. The average Bonchev–Trinajstić information content (AvgIpc) is 3.27. The van der Waals surface area contributed by atoms with E-state index in [-0.39, 0.29) is 35.0 Å². The van der Waals surface area contributed by atoms with Crippen LogP contribution < -0.4 is 5.73 Å². The van der Waals surface area contributed by atoms with Gasteiger partial charge in [-0.2, -0.15) is 0 Å². The highest BCUT2D eigenvalue weighted by Gasteiger charge is 2.42. The third-order valence-electron chi connectivity index (χ3n) is 5.61. The maximum Gasteiger partial charge on any atom is 0.271 e. The lowest BCUT2D eigenvalue weighted by Crippen LogP contribution is -2.34. The van der Waals surface area contributed by atoms with E-state index in [9.17, 15) is 13.2 Å². The lowest BCUT2D eigenvalue weighted by Gasteiger charge is -2.33. The summed E-state index contributed by atoms with van der Waals surface area (Å²) in [5.41, 5.74) is 7.19. The van der Waals surface area contributed by atoms with Crippen molar-refractivity contribution in [3.05, 3.63) is 53.4 Å². The molecule has 2 N–H and O–H groups in total. The Morgan fingerprint density at radius 2 is 1.66 bits per heavy atom. The first kappa shape index (κ1) is 18.0. The first-order chi connectivity index (χ1) is 13.9. The molecular formula is C19H18N4O5S. The van der Waals surface area contributed by atoms with E-state index in [2.05, 4.69) is 15.4 Å². The summed E-state index contributed by atoms with van der Waals surface area (Å²) in [4.78, 5) is 11.8. The summed E-state index contributed by atoms with van der Waals surface area (Å²) >= 11 is 0. The van der Waals surface area contributed by atoms with Gasteiger partial charge in [0.25, 0.3) is 5.91 Å². The van der Waals surface area contributed by atoms with E-state index in [0.29, 0.717) is 35.9 Å². The van der Waals surface area contributed by atoms with Crippen molar-refractivity contribution in [3.63, 3.8) is 0 Å². The number of benzene rings is 1. The third kappa shape index (κ3) is 3.13. The summed E-state index contributed by atoms with van der Waals surface area (Å²) in [6, 6.07) is 9.45. The number of amides is 1. The second-order valence-electron chi connectivity index (χ2n) is 7.62. The molecule has 0 spiro atoms. The van der Waals surface area contributed by atoms with Gasteiger partial charge in [-0.3, -0.25) is 4.79 Å². The Hall–Kier alpha value is -3.01.